The molecule has 0 radical (unpaired) electrons. The zero-order valence-corrected chi connectivity index (χ0v) is 21.7. The number of phenolic OH excluding ortho intramolecular Hbond substituents is 1. The van der Waals surface area contributed by atoms with Gasteiger partial charge in [-0.25, -0.2) is 4.79 Å². The first-order chi connectivity index (χ1) is 19.6. The lowest BCUT2D eigenvalue weighted by atomic mass is 10.0. The number of hydrogen-bond acceptors (Lipinski definition) is 5. The molecule has 0 unspecified atom stereocenters. The molecule has 0 aliphatic carbocycles. The van der Waals surface area contributed by atoms with Crippen LogP contribution in [0.3, 0.4) is 0 Å². The molecule has 4 aromatic rings. The first-order valence-corrected chi connectivity index (χ1v) is 12.7. The van der Waals surface area contributed by atoms with Gasteiger partial charge in [0.1, 0.15) is 5.75 Å². The van der Waals surface area contributed by atoms with E-state index in [0.29, 0.717) is 16.8 Å². The van der Waals surface area contributed by atoms with Crippen molar-refractivity contribution in [2.45, 2.75) is 25.9 Å². The highest BCUT2D eigenvalue weighted by atomic mass is 19.4. The molecule has 10 heteroatoms. The van der Waals surface area contributed by atoms with E-state index >= 15 is 0 Å². The summed E-state index contributed by atoms with van der Waals surface area (Å²) in [6.45, 7) is 2.03. The lowest BCUT2D eigenvalue weighted by Gasteiger charge is -2.18. The standard InChI is InChI=1S/C31H24F3N3O4/c1-2-5-18-10-13-22(14-11-18)37-26-17-21(31(32,33)34)12-15-24(26)27(29(37)39)36-35-25-9-4-8-23(28(25)38)19-6-3-7-20(16-19)30(40)41/h3-4,6-17,35,38H,2,5H2,1H3,(H,40,41)/b36-27-. The summed E-state index contributed by atoms with van der Waals surface area (Å²) >= 11 is 0. The van der Waals surface area contributed by atoms with Gasteiger partial charge in [-0.2, -0.15) is 18.3 Å². The molecule has 0 saturated carbocycles. The van der Waals surface area contributed by atoms with Crippen molar-refractivity contribution in [1.82, 2.24) is 0 Å². The van der Waals surface area contributed by atoms with Gasteiger partial charge in [-0.05, 0) is 66.1 Å². The van der Waals surface area contributed by atoms with Crippen LogP contribution in [0.1, 0.15) is 40.4 Å². The largest absolute Gasteiger partial charge is 0.505 e. The minimum atomic E-state index is -4.61. The van der Waals surface area contributed by atoms with Crippen molar-refractivity contribution in [3.05, 3.63) is 107 Å². The number of para-hydroxylation sites is 1. The number of alkyl halides is 3. The molecule has 1 amide bonds. The highest BCUT2D eigenvalue weighted by Gasteiger charge is 2.39. The van der Waals surface area contributed by atoms with Gasteiger partial charge in [0.25, 0.3) is 5.91 Å². The van der Waals surface area contributed by atoms with Crippen molar-refractivity contribution in [3.63, 3.8) is 0 Å². The average Bonchev–Trinajstić information content (AvgIpc) is 3.23. The molecule has 0 bridgehead atoms. The van der Waals surface area contributed by atoms with Gasteiger partial charge in [0.15, 0.2) is 5.71 Å². The van der Waals surface area contributed by atoms with Gasteiger partial charge in [0, 0.05) is 16.8 Å². The van der Waals surface area contributed by atoms with E-state index in [0.717, 1.165) is 30.5 Å². The van der Waals surface area contributed by atoms with Crippen molar-refractivity contribution in [2.75, 3.05) is 10.3 Å². The monoisotopic (exact) mass is 559 g/mol. The van der Waals surface area contributed by atoms with E-state index in [1.807, 2.05) is 19.1 Å². The molecule has 0 saturated heterocycles. The third-order valence-corrected chi connectivity index (χ3v) is 6.70. The van der Waals surface area contributed by atoms with E-state index < -0.39 is 23.6 Å². The Morgan fingerprint density at radius 3 is 2.37 bits per heavy atom. The molecule has 1 heterocycles. The molecule has 0 aromatic heterocycles. The molecule has 0 fully saturated rings. The number of carboxylic acids is 1. The first kappa shape index (κ1) is 27.4. The number of nitrogens with one attached hydrogen (secondary N) is 1. The second-order valence-electron chi connectivity index (χ2n) is 9.45. The van der Waals surface area contributed by atoms with Crippen molar-refractivity contribution in [3.8, 4) is 16.9 Å². The number of carbonyl (C=O) groups excluding carboxylic acids is 1. The quantitative estimate of drug-likeness (QED) is 0.164. The molecular weight excluding hydrogens is 535 g/mol. The summed E-state index contributed by atoms with van der Waals surface area (Å²) in [6.07, 6.45) is -2.87. The van der Waals surface area contributed by atoms with Crippen molar-refractivity contribution >= 4 is 34.7 Å². The number of amides is 1. The predicted octanol–water partition coefficient (Wildman–Crippen LogP) is 7.22. The van der Waals surface area contributed by atoms with Crippen LogP contribution in [0.25, 0.3) is 11.1 Å². The van der Waals surface area contributed by atoms with Crippen molar-refractivity contribution in [2.24, 2.45) is 5.10 Å². The summed E-state index contributed by atoms with van der Waals surface area (Å²) in [7, 11) is 0. The van der Waals surface area contributed by atoms with Crippen molar-refractivity contribution < 1.29 is 33.0 Å². The van der Waals surface area contributed by atoms with Gasteiger partial charge in [-0.3, -0.25) is 15.1 Å². The van der Waals surface area contributed by atoms with Crippen LogP contribution in [0.15, 0.2) is 90.0 Å². The molecular formula is C31H24F3N3O4. The Labute approximate surface area is 233 Å². The van der Waals surface area contributed by atoms with Crippen LogP contribution >= 0.6 is 0 Å². The SMILES string of the molecule is CCCc1ccc(N2C(=O)/C(=N\Nc3cccc(-c4cccc(C(=O)O)c4)c3O)c3ccc(C(F)(F)F)cc32)cc1. The van der Waals surface area contributed by atoms with E-state index in [1.54, 1.807) is 36.4 Å². The molecule has 1 aliphatic rings. The van der Waals surface area contributed by atoms with Crippen LogP contribution in [0.2, 0.25) is 0 Å². The van der Waals surface area contributed by atoms with Crippen LogP contribution in [0.5, 0.6) is 5.75 Å². The highest BCUT2D eigenvalue weighted by molar-refractivity contribution is 6.55. The molecule has 41 heavy (non-hydrogen) atoms. The number of carboxylic acid groups (broad SMARTS) is 1. The van der Waals surface area contributed by atoms with E-state index in [2.05, 4.69) is 10.5 Å². The molecule has 1 aliphatic heterocycles. The normalized spacial score (nSPS) is 13.9. The average molecular weight is 560 g/mol. The third-order valence-electron chi connectivity index (χ3n) is 6.70. The zero-order chi connectivity index (χ0) is 29.3. The maximum absolute atomic E-state index is 13.6. The lowest BCUT2D eigenvalue weighted by Crippen LogP contribution is -2.26. The summed E-state index contributed by atoms with van der Waals surface area (Å²) in [5.74, 6) is -2.01. The fourth-order valence-electron chi connectivity index (χ4n) is 4.69. The minimum Gasteiger partial charge on any atom is -0.505 e. The van der Waals surface area contributed by atoms with Gasteiger partial charge in [-0.15, -0.1) is 0 Å². The number of phenols is 1. The Kier molecular flexibility index (Phi) is 7.23. The van der Waals surface area contributed by atoms with Crippen LogP contribution in [-0.2, 0) is 17.4 Å². The minimum absolute atomic E-state index is 0.0368. The van der Waals surface area contributed by atoms with Gasteiger partial charge >= 0.3 is 12.1 Å². The Bertz CT molecular complexity index is 1680. The maximum Gasteiger partial charge on any atom is 0.416 e. The molecule has 0 atom stereocenters. The fraction of sp³-hybridized carbons (Fsp3) is 0.129. The number of hydrogen-bond donors (Lipinski definition) is 3. The second-order valence-corrected chi connectivity index (χ2v) is 9.45. The summed E-state index contributed by atoms with van der Waals surface area (Å²) < 4.78 is 40.7. The van der Waals surface area contributed by atoms with E-state index in [-0.39, 0.29) is 34.0 Å². The number of benzene rings is 4. The van der Waals surface area contributed by atoms with Crippen LogP contribution in [0, 0.1) is 0 Å². The fourth-order valence-corrected chi connectivity index (χ4v) is 4.69. The number of aromatic hydroxyl groups is 1. The summed E-state index contributed by atoms with van der Waals surface area (Å²) in [5, 5.41) is 24.4. The smallest absolute Gasteiger partial charge is 0.416 e. The Hall–Kier alpha value is -5.12. The Balaban J connectivity index is 1.54. The van der Waals surface area contributed by atoms with Gasteiger partial charge in [0.05, 0.1) is 22.5 Å². The number of aromatic carboxylic acids is 1. The predicted molar refractivity (Wildman–Crippen MR) is 150 cm³/mol. The topological polar surface area (TPSA) is 102 Å². The maximum atomic E-state index is 13.6. The number of fused-ring (bicyclic) bond motifs is 1. The molecule has 5 rings (SSSR count). The number of hydrazone groups is 1. The van der Waals surface area contributed by atoms with E-state index in [1.165, 1.54) is 29.2 Å². The van der Waals surface area contributed by atoms with Crippen molar-refractivity contribution in [1.29, 1.82) is 0 Å². The third kappa shape index (κ3) is 5.36. The Morgan fingerprint density at radius 1 is 0.951 bits per heavy atom. The van der Waals surface area contributed by atoms with Gasteiger partial charge in [0.2, 0.25) is 0 Å². The number of anilines is 3. The van der Waals surface area contributed by atoms with E-state index in [4.69, 9.17) is 0 Å². The molecule has 4 aromatic carbocycles. The van der Waals surface area contributed by atoms with E-state index in [9.17, 15) is 33.0 Å². The summed E-state index contributed by atoms with van der Waals surface area (Å²) in [6, 6.07) is 20.8. The summed E-state index contributed by atoms with van der Waals surface area (Å²) in [4.78, 5) is 26.2. The number of carbonyl (C=O) groups is 2. The Morgan fingerprint density at radius 2 is 1.68 bits per heavy atom. The number of nitrogens with zero attached hydrogens (tertiary/aromatic N) is 2. The molecule has 7 nitrogen and oxygen atoms in total. The zero-order valence-electron chi connectivity index (χ0n) is 21.7. The highest BCUT2D eigenvalue weighted by Crippen LogP contribution is 2.41. The molecule has 0 spiro atoms. The van der Waals surface area contributed by atoms with Crippen LogP contribution < -0.4 is 10.3 Å². The van der Waals surface area contributed by atoms with Gasteiger partial charge < -0.3 is 10.2 Å². The molecule has 3 N–H and O–H groups in total. The number of aryl methyl sites for hydroxylation is 1. The van der Waals surface area contributed by atoms with Crippen LogP contribution in [-0.4, -0.2) is 27.8 Å². The van der Waals surface area contributed by atoms with Crippen LogP contribution in [0.4, 0.5) is 30.2 Å². The number of halogens is 3. The number of rotatable bonds is 7. The first-order valence-electron chi connectivity index (χ1n) is 12.7. The van der Waals surface area contributed by atoms with Gasteiger partial charge in [-0.1, -0.05) is 49.7 Å². The lowest BCUT2D eigenvalue weighted by molar-refractivity contribution is -0.137. The molecule has 208 valence electrons. The second kappa shape index (κ2) is 10.8. The summed E-state index contributed by atoms with van der Waals surface area (Å²) in [5.41, 5.74) is 4.20.